The van der Waals surface area contributed by atoms with Crippen molar-refractivity contribution in [3.8, 4) is 0 Å². The average molecular weight is 354 g/mol. The first-order chi connectivity index (χ1) is 9.97. The van der Waals surface area contributed by atoms with Crippen molar-refractivity contribution < 1.29 is 0 Å². The molecule has 1 heterocycles. The normalized spacial score (nSPS) is 17.0. The maximum absolute atomic E-state index is 3.75. The van der Waals surface area contributed by atoms with Gasteiger partial charge in [0.15, 0.2) is 0 Å². The monoisotopic (exact) mass is 353 g/mol. The molecule has 0 unspecified atom stereocenters. The Labute approximate surface area is 137 Å². The quantitative estimate of drug-likeness (QED) is 0.874. The lowest BCUT2D eigenvalue weighted by Gasteiger charge is -2.38. The molecule has 0 aromatic heterocycles. The number of hydrogen-bond acceptors (Lipinski definition) is 3. The van der Waals surface area contributed by atoms with E-state index in [4.69, 9.17) is 0 Å². The third-order valence-electron chi connectivity index (χ3n) is 4.11. The number of nitrogens with one attached hydrogen (secondary N) is 1. The minimum absolute atomic E-state index is 0.521. The van der Waals surface area contributed by atoms with E-state index in [2.05, 4.69) is 76.9 Å². The van der Waals surface area contributed by atoms with E-state index in [0.29, 0.717) is 12.1 Å². The van der Waals surface area contributed by atoms with Crippen molar-refractivity contribution in [1.29, 1.82) is 0 Å². The van der Waals surface area contributed by atoms with Gasteiger partial charge >= 0.3 is 0 Å². The molecule has 0 saturated carbocycles. The molecule has 0 atom stereocenters. The van der Waals surface area contributed by atoms with Gasteiger partial charge in [0.2, 0.25) is 0 Å². The highest BCUT2D eigenvalue weighted by Gasteiger charge is 2.20. The Hall–Kier alpha value is -0.580. The van der Waals surface area contributed by atoms with E-state index in [0.717, 1.165) is 32.7 Å². The molecule has 0 bridgehead atoms. The highest BCUT2D eigenvalue weighted by atomic mass is 79.9. The van der Waals surface area contributed by atoms with Crippen LogP contribution in [0.3, 0.4) is 0 Å². The topological polar surface area (TPSA) is 18.5 Å². The fourth-order valence-electron chi connectivity index (χ4n) is 2.72. The molecule has 0 aliphatic carbocycles. The van der Waals surface area contributed by atoms with Crippen molar-refractivity contribution in [3.63, 3.8) is 0 Å². The van der Waals surface area contributed by atoms with Gasteiger partial charge in [-0.05, 0) is 47.5 Å². The first-order valence-electron chi connectivity index (χ1n) is 7.98. The van der Waals surface area contributed by atoms with Crippen molar-refractivity contribution in [1.82, 2.24) is 10.2 Å². The van der Waals surface area contributed by atoms with Crippen LogP contribution in [0.1, 0.15) is 33.3 Å². The molecule has 0 radical (unpaired) electrons. The molecular formula is C17H28BrN3. The Morgan fingerprint density at radius 2 is 1.76 bits per heavy atom. The smallest absolute Gasteiger partial charge is 0.0511 e. The second-order valence-electron chi connectivity index (χ2n) is 6.44. The Bertz CT molecular complexity index is 451. The summed E-state index contributed by atoms with van der Waals surface area (Å²) in [5.74, 6) is 0. The van der Waals surface area contributed by atoms with Gasteiger partial charge in [0, 0.05) is 49.3 Å². The molecule has 0 spiro atoms. The summed E-state index contributed by atoms with van der Waals surface area (Å²) in [5, 5.41) is 3.47. The predicted molar refractivity (Wildman–Crippen MR) is 95.0 cm³/mol. The molecule has 1 N–H and O–H groups in total. The van der Waals surface area contributed by atoms with Crippen molar-refractivity contribution in [3.05, 3.63) is 28.2 Å². The van der Waals surface area contributed by atoms with Gasteiger partial charge in [0.25, 0.3) is 0 Å². The fourth-order valence-corrected chi connectivity index (χ4v) is 3.39. The number of benzene rings is 1. The number of piperazine rings is 1. The lowest BCUT2D eigenvalue weighted by molar-refractivity contribution is 0.209. The van der Waals surface area contributed by atoms with Crippen LogP contribution in [0.5, 0.6) is 0 Å². The lowest BCUT2D eigenvalue weighted by Crippen LogP contribution is -2.49. The van der Waals surface area contributed by atoms with Crippen molar-refractivity contribution in [2.24, 2.45) is 0 Å². The summed E-state index contributed by atoms with van der Waals surface area (Å²) in [5.41, 5.74) is 2.66. The lowest BCUT2D eigenvalue weighted by atomic mass is 10.1. The molecule has 0 amide bonds. The summed E-state index contributed by atoms with van der Waals surface area (Å²) >= 11 is 3.75. The molecule has 1 aliphatic heterocycles. The number of anilines is 1. The Kier molecular flexibility index (Phi) is 6.08. The summed E-state index contributed by atoms with van der Waals surface area (Å²) in [6.07, 6.45) is 0. The maximum Gasteiger partial charge on any atom is 0.0511 e. The molecular weight excluding hydrogens is 326 g/mol. The third-order valence-corrected chi connectivity index (χ3v) is 4.75. The molecule has 1 aromatic rings. The molecule has 3 nitrogen and oxygen atoms in total. The van der Waals surface area contributed by atoms with Gasteiger partial charge in [-0.25, -0.2) is 0 Å². The number of rotatable bonds is 5. The van der Waals surface area contributed by atoms with Gasteiger partial charge in [-0.15, -0.1) is 0 Å². The van der Waals surface area contributed by atoms with Crippen LogP contribution in [-0.2, 0) is 6.54 Å². The molecule has 21 heavy (non-hydrogen) atoms. The van der Waals surface area contributed by atoms with Crippen LogP contribution >= 0.6 is 15.9 Å². The van der Waals surface area contributed by atoms with Crippen LogP contribution in [-0.4, -0.2) is 43.2 Å². The highest BCUT2D eigenvalue weighted by Crippen LogP contribution is 2.28. The number of nitrogens with zero attached hydrogens (tertiary/aromatic N) is 2. The minimum Gasteiger partial charge on any atom is -0.368 e. The SMILES string of the molecule is CC(C)NCc1ccc(N2CCN(C(C)C)CC2)c(Br)c1. The maximum atomic E-state index is 3.75. The number of hydrogen-bond donors (Lipinski definition) is 1. The van der Waals surface area contributed by atoms with E-state index in [1.165, 1.54) is 15.7 Å². The summed E-state index contributed by atoms with van der Waals surface area (Å²) in [7, 11) is 0. The van der Waals surface area contributed by atoms with Gasteiger partial charge in [-0.3, -0.25) is 4.90 Å². The predicted octanol–water partition coefficient (Wildman–Crippen LogP) is 3.48. The van der Waals surface area contributed by atoms with E-state index < -0.39 is 0 Å². The van der Waals surface area contributed by atoms with Crippen molar-refractivity contribution in [2.45, 2.75) is 46.3 Å². The van der Waals surface area contributed by atoms with E-state index in [-0.39, 0.29) is 0 Å². The highest BCUT2D eigenvalue weighted by molar-refractivity contribution is 9.10. The zero-order valence-electron chi connectivity index (χ0n) is 13.7. The Balaban J connectivity index is 1.98. The zero-order chi connectivity index (χ0) is 15.4. The summed E-state index contributed by atoms with van der Waals surface area (Å²) in [6, 6.07) is 7.92. The van der Waals surface area contributed by atoms with Gasteiger partial charge in [0.1, 0.15) is 0 Å². The van der Waals surface area contributed by atoms with Crippen LogP contribution in [0.2, 0.25) is 0 Å². The van der Waals surface area contributed by atoms with Crippen LogP contribution in [0.4, 0.5) is 5.69 Å². The second kappa shape index (κ2) is 7.61. The van der Waals surface area contributed by atoms with E-state index in [9.17, 15) is 0 Å². The van der Waals surface area contributed by atoms with Crippen LogP contribution in [0, 0.1) is 0 Å². The fraction of sp³-hybridized carbons (Fsp3) is 0.647. The standard InChI is InChI=1S/C17H28BrN3/c1-13(2)19-12-15-5-6-17(16(18)11-15)21-9-7-20(8-10-21)14(3)4/h5-6,11,13-14,19H,7-10,12H2,1-4H3. The van der Waals surface area contributed by atoms with Gasteiger partial charge in [-0.2, -0.15) is 0 Å². The van der Waals surface area contributed by atoms with Crippen LogP contribution in [0.25, 0.3) is 0 Å². The molecule has 1 saturated heterocycles. The van der Waals surface area contributed by atoms with Gasteiger partial charge in [-0.1, -0.05) is 19.9 Å². The molecule has 1 aromatic carbocycles. The van der Waals surface area contributed by atoms with Crippen LogP contribution in [0.15, 0.2) is 22.7 Å². The largest absolute Gasteiger partial charge is 0.368 e. The summed E-state index contributed by atoms with van der Waals surface area (Å²) < 4.78 is 1.21. The van der Waals surface area contributed by atoms with Crippen molar-refractivity contribution >= 4 is 21.6 Å². The molecule has 4 heteroatoms. The Morgan fingerprint density at radius 1 is 1.10 bits per heavy atom. The summed E-state index contributed by atoms with van der Waals surface area (Å²) in [4.78, 5) is 5.04. The van der Waals surface area contributed by atoms with Crippen molar-refractivity contribution in [2.75, 3.05) is 31.1 Å². The summed E-state index contributed by atoms with van der Waals surface area (Å²) in [6.45, 7) is 14.4. The molecule has 1 fully saturated rings. The average Bonchev–Trinajstić information content (AvgIpc) is 2.45. The zero-order valence-corrected chi connectivity index (χ0v) is 15.3. The second-order valence-corrected chi connectivity index (χ2v) is 7.29. The first kappa shape index (κ1) is 16.8. The number of halogens is 1. The van der Waals surface area contributed by atoms with Gasteiger partial charge < -0.3 is 10.2 Å². The van der Waals surface area contributed by atoms with Crippen LogP contribution < -0.4 is 10.2 Å². The molecule has 1 aliphatic rings. The first-order valence-corrected chi connectivity index (χ1v) is 8.77. The van der Waals surface area contributed by atoms with E-state index >= 15 is 0 Å². The molecule has 2 rings (SSSR count). The van der Waals surface area contributed by atoms with E-state index in [1.54, 1.807) is 0 Å². The van der Waals surface area contributed by atoms with E-state index in [1.807, 2.05) is 0 Å². The third kappa shape index (κ3) is 4.70. The molecule has 118 valence electrons. The van der Waals surface area contributed by atoms with Gasteiger partial charge in [0.05, 0.1) is 5.69 Å². The Morgan fingerprint density at radius 3 is 2.29 bits per heavy atom. The minimum atomic E-state index is 0.521.